The number of amides is 1. The van der Waals surface area contributed by atoms with Gasteiger partial charge in [-0.05, 0) is 18.2 Å². The monoisotopic (exact) mass is 234 g/mol. The van der Waals surface area contributed by atoms with Crippen LogP contribution >= 0.6 is 0 Å². The molecule has 1 heterocycles. The number of rotatable bonds is 3. The van der Waals surface area contributed by atoms with Crippen molar-refractivity contribution >= 4 is 22.7 Å². The first-order valence-electron chi connectivity index (χ1n) is 5.36. The molecule has 1 aromatic heterocycles. The van der Waals surface area contributed by atoms with Gasteiger partial charge in [-0.15, -0.1) is 0 Å². The number of aliphatic hydroxyl groups is 1. The Hall–Kier alpha value is -1.88. The Balaban J connectivity index is 2.32. The summed E-state index contributed by atoms with van der Waals surface area (Å²) in [5.41, 5.74) is 2.17. The Bertz CT molecular complexity index is 548. The number of hydrogen-bond acceptors (Lipinski definition) is 4. The molecule has 0 aliphatic heterocycles. The lowest BCUT2D eigenvalue weighted by Crippen LogP contribution is -2.26. The second-order valence-corrected chi connectivity index (χ2v) is 3.81. The van der Waals surface area contributed by atoms with Crippen LogP contribution in [0.25, 0.3) is 11.1 Å². The summed E-state index contributed by atoms with van der Waals surface area (Å²) in [6.07, 6.45) is 0.117. The molecule has 2 rings (SSSR count). The van der Waals surface area contributed by atoms with E-state index in [2.05, 4.69) is 4.98 Å². The summed E-state index contributed by atoms with van der Waals surface area (Å²) < 4.78 is 5.36. The first kappa shape index (κ1) is 11.6. The van der Waals surface area contributed by atoms with E-state index in [1.54, 1.807) is 32.2 Å². The predicted octanol–water partition coefficient (Wildman–Crippen LogP) is 1.48. The van der Waals surface area contributed by atoms with Crippen molar-refractivity contribution in [2.24, 2.45) is 0 Å². The third kappa shape index (κ3) is 2.29. The first-order valence-corrected chi connectivity index (χ1v) is 5.36. The third-order valence-electron chi connectivity index (χ3n) is 2.57. The van der Waals surface area contributed by atoms with Gasteiger partial charge in [0.1, 0.15) is 5.52 Å². The SMILES string of the molecule is Cc1nc2cc(N(C)C(=O)CCO)ccc2o1. The normalized spacial score (nSPS) is 10.8. The van der Waals surface area contributed by atoms with E-state index in [0.717, 1.165) is 11.2 Å². The molecule has 0 spiro atoms. The summed E-state index contributed by atoms with van der Waals surface area (Å²) >= 11 is 0. The second-order valence-electron chi connectivity index (χ2n) is 3.81. The Labute approximate surface area is 98.7 Å². The minimum Gasteiger partial charge on any atom is -0.441 e. The molecule has 0 unspecified atom stereocenters. The number of oxazole rings is 1. The molecule has 0 bridgehead atoms. The molecule has 1 aromatic carbocycles. The van der Waals surface area contributed by atoms with Gasteiger partial charge in [0, 0.05) is 19.7 Å². The molecular formula is C12H14N2O3. The van der Waals surface area contributed by atoms with Crippen LogP contribution < -0.4 is 4.90 Å². The maximum absolute atomic E-state index is 11.6. The third-order valence-corrected chi connectivity index (χ3v) is 2.57. The van der Waals surface area contributed by atoms with Gasteiger partial charge in [0.25, 0.3) is 0 Å². The molecule has 0 saturated carbocycles. The number of anilines is 1. The minimum absolute atomic E-state index is 0.117. The van der Waals surface area contributed by atoms with E-state index in [1.165, 1.54) is 4.90 Å². The van der Waals surface area contributed by atoms with E-state index in [1.807, 2.05) is 0 Å². The molecule has 0 fully saturated rings. The largest absolute Gasteiger partial charge is 0.441 e. The van der Waals surface area contributed by atoms with Crippen LogP contribution in [-0.2, 0) is 4.79 Å². The van der Waals surface area contributed by atoms with Crippen molar-refractivity contribution < 1.29 is 14.3 Å². The average molecular weight is 234 g/mol. The highest BCUT2D eigenvalue weighted by Gasteiger charge is 2.12. The van der Waals surface area contributed by atoms with Crippen LogP contribution in [0.15, 0.2) is 22.6 Å². The molecule has 2 aromatic rings. The number of nitrogens with zero attached hydrogens (tertiary/aromatic N) is 2. The molecule has 90 valence electrons. The number of fused-ring (bicyclic) bond motifs is 1. The number of hydrogen-bond donors (Lipinski definition) is 1. The molecule has 5 heteroatoms. The van der Waals surface area contributed by atoms with Crippen molar-refractivity contribution in [3.8, 4) is 0 Å². The van der Waals surface area contributed by atoms with Crippen LogP contribution in [0.3, 0.4) is 0 Å². The zero-order chi connectivity index (χ0) is 12.4. The van der Waals surface area contributed by atoms with Crippen LogP contribution in [0.5, 0.6) is 0 Å². The van der Waals surface area contributed by atoms with Gasteiger partial charge >= 0.3 is 0 Å². The Morgan fingerprint density at radius 1 is 1.53 bits per heavy atom. The standard InChI is InChI=1S/C12H14N2O3/c1-8-13-10-7-9(3-4-11(10)17-8)14(2)12(16)5-6-15/h3-4,7,15H,5-6H2,1-2H3. The topological polar surface area (TPSA) is 66.6 Å². The molecule has 5 nitrogen and oxygen atoms in total. The van der Waals surface area contributed by atoms with Crippen molar-refractivity contribution in [2.45, 2.75) is 13.3 Å². The van der Waals surface area contributed by atoms with Crippen molar-refractivity contribution in [3.63, 3.8) is 0 Å². The molecule has 0 aliphatic carbocycles. The molecule has 1 amide bonds. The highest BCUT2D eigenvalue weighted by molar-refractivity contribution is 5.94. The number of benzene rings is 1. The van der Waals surface area contributed by atoms with Crippen molar-refractivity contribution in [3.05, 3.63) is 24.1 Å². The molecule has 17 heavy (non-hydrogen) atoms. The van der Waals surface area contributed by atoms with E-state index in [0.29, 0.717) is 11.5 Å². The smallest absolute Gasteiger partial charge is 0.229 e. The second kappa shape index (κ2) is 4.55. The lowest BCUT2D eigenvalue weighted by molar-refractivity contribution is -0.118. The predicted molar refractivity (Wildman–Crippen MR) is 63.9 cm³/mol. The molecule has 0 radical (unpaired) electrons. The number of carbonyl (C=O) groups excluding carboxylic acids is 1. The fraction of sp³-hybridized carbons (Fsp3) is 0.333. The van der Waals surface area contributed by atoms with Crippen LogP contribution in [0.4, 0.5) is 5.69 Å². The van der Waals surface area contributed by atoms with Gasteiger partial charge in [-0.25, -0.2) is 4.98 Å². The zero-order valence-corrected chi connectivity index (χ0v) is 9.80. The summed E-state index contributed by atoms with van der Waals surface area (Å²) in [6, 6.07) is 5.37. The van der Waals surface area contributed by atoms with E-state index >= 15 is 0 Å². The molecule has 0 aliphatic rings. The molecule has 0 atom stereocenters. The maximum atomic E-state index is 11.6. The fourth-order valence-electron chi connectivity index (χ4n) is 1.65. The van der Waals surface area contributed by atoms with Gasteiger partial charge in [-0.1, -0.05) is 0 Å². The van der Waals surface area contributed by atoms with E-state index < -0.39 is 0 Å². The van der Waals surface area contributed by atoms with Gasteiger partial charge in [-0.2, -0.15) is 0 Å². The number of aryl methyl sites for hydroxylation is 1. The molecule has 0 saturated heterocycles. The Morgan fingerprint density at radius 3 is 3.00 bits per heavy atom. The first-order chi connectivity index (χ1) is 8.11. The summed E-state index contributed by atoms with van der Waals surface area (Å²) in [4.78, 5) is 17.3. The Morgan fingerprint density at radius 2 is 2.29 bits per heavy atom. The lowest BCUT2D eigenvalue weighted by Gasteiger charge is -2.16. The Kier molecular flexibility index (Phi) is 3.10. The zero-order valence-electron chi connectivity index (χ0n) is 9.80. The van der Waals surface area contributed by atoms with Gasteiger partial charge in [0.05, 0.1) is 13.0 Å². The molecular weight excluding hydrogens is 220 g/mol. The van der Waals surface area contributed by atoms with Gasteiger partial charge in [0.2, 0.25) is 5.91 Å². The summed E-state index contributed by atoms with van der Waals surface area (Å²) in [6.45, 7) is 1.63. The van der Waals surface area contributed by atoms with Crippen molar-refractivity contribution in [2.75, 3.05) is 18.6 Å². The highest BCUT2D eigenvalue weighted by atomic mass is 16.3. The van der Waals surface area contributed by atoms with Gasteiger partial charge < -0.3 is 14.4 Å². The van der Waals surface area contributed by atoms with Crippen molar-refractivity contribution in [1.82, 2.24) is 4.98 Å². The van der Waals surface area contributed by atoms with Gasteiger partial charge in [0.15, 0.2) is 11.5 Å². The lowest BCUT2D eigenvalue weighted by atomic mass is 10.2. The van der Waals surface area contributed by atoms with E-state index in [9.17, 15) is 4.79 Å². The summed E-state index contributed by atoms with van der Waals surface area (Å²) in [7, 11) is 1.67. The quantitative estimate of drug-likeness (QED) is 0.873. The van der Waals surface area contributed by atoms with Crippen LogP contribution in [0, 0.1) is 6.92 Å². The van der Waals surface area contributed by atoms with E-state index in [-0.39, 0.29) is 18.9 Å². The highest BCUT2D eigenvalue weighted by Crippen LogP contribution is 2.22. The average Bonchev–Trinajstić information content (AvgIpc) is 2.67. The van der Waals surface area contributed by atoms with Crippen LogP contribution in [-0.4, -0.2) is 29.7 Å². The maximum Gasteiger partial charge on any atom is 0.229 e. The van der Waals surface area contributed by atoms with Crippen molar-refractivity contribution in [1.29, 1.82) is 0 Å². The van der Waals surface area contributed by atoms with E-state index in [4.69, 9.17) is 9.52 Å². The summed E-state index contributed by atoms with van der Waals surface area (Å²) in [5, 5.41) is 8.73. The number of aromatic nitrogens is 1. The minimum atomic E-state index is -0.144. The molecule has 1 N–H and O–H groups in total. The summed E-state index contributed by atoms with van der Waals surface area (Å²) in [5.74, 6) is 0.466. The fourth-order valence-corrected chi connectivity index (χ4v) is 1.65. The van der Waals surface area contributed by atoms with Gasteiger partial charge in [-0.3, -0.25) is 4.79 Å². The number of carbonyl (C=O) groups is 1. The number of aliphatic hydroxyl groups excluding tert-OH is 1. The van der Waals surface area contributed by atoms with Crippen LogP contribution in [0.2, 0.25) is 0 Å². The van der Waals surface area contributed by atoms with Crippen LogP contribution in [0.1, 0.15) is 12.3 Å².